The molecule has 2 aromatic heterocycles. The van der Waals surface area contributed by atoms with Gasteiger partial charge >= 0.3 is 12.0 Å². The largest absolute Gasteiger partial charge is 0.481 e. The molecule has 0 unspecified atom stereocenters. The van der Waals surface area contributed by atoms with Crippen LogP contribution in [0.25, 0.3) is 22.5 Å². The molecule has 9 heteroatoms. The zero-order chi connectivity index (χ0) is 24.1. The van der Waals surface area contributed by atoms with Crippen molar-refractivity contribution in [1.29, 1.82) is 5.26 Å². The van der Waals surface area contributed by atoms with Crippen molar-refractivity contribution < 1.29 is 19.4 Å². The lowest BCUT2D eigenvalue weighted by Gasteiger charge is -2.18. The van der Waals surface area contributed by atoms with Gasteiger partial charge in [0.05, 0.1) is 17.0 Å². The third-order valence-corrected chi connectivity index (χ3v) is 5.05. The van der Waals surface area contributed by atoms with E-state index in [1.165, 1.54) is 0 Å². The number of aliphatic carboxylic acids is 1. The van der Waals surface area contributed by atoms with Crippen molar-refractivity contribution in [2.75, 3.05) is 6.61 Å². The van der Waals surface area contributed by atoms with Gasteiger partial charge in [0.25, 0.3) is 0 Å². The lowest BCUT2D eigenvalue weighted by atomic mass is 9.95. The number of hydrogen-bond donors (Lipinski definition) is 2. The molecule has 0 amide bonds. The second-order valence-electron chi connectivity index (χ2n) is 8.15. The second kappa shape index (κ2) is 9.42. The first-order valence-corrected chi connectivity index (χ1v) is 10.4. The average molecular weight is 455 g/mol. The van der Waals surface area contributed by atoms with Crippen molar-refractivity contribution in [3.8, 4) is 46.2 Å². The SMILES string of the molecule is CC(C)(COc1ccc(-c2ccc(-c3nc(Oc4ccc(C#N)cc4)n[nH]3)cc2)cn1)C(=O)O. The number of nitriles is 1. The van der Waals surface area contributed by atoms with Crippen LogP contribution >= 0.6 is 0 Å². The van der Waals surface area contributed by atoms with E-state index in [0.29, 0.717) is 23.0 Å². The first-order valence-electron chi connectivity index (χ1n) is 10.4. The molecule has 2 heterocycles. The highest BCUT2D eigenvalue weighted by Crippen LogP contribution is 2.26. The number of H-pyrrole nitrogens is 1. The van der Waals surface area contributed by atoms with Crippen LogP contribution in [-0.2, 0) is 4.79 Å². The highest BCUT2D eigenvalue weighted by molar-refractivity contribution is 5.73. The predicted octanol–water partition coefficient (Wildman–Crippen LogP) is 4.69. The molecule has 0 bridgehead atoms. The molecule has 9 nitrogen and oxygen atoms in total. The summed E-state index contributed by atoms with van der Waals surface area (Å²) in [7, 11) is 0. The predicted molar refractivity (Wildman–Crippen MR) is 123 cm³/mol. The Morgan fingerprint density at radius 1 is 1.03 bits per heavy atom. The van der Waals surface area contributed by atoms with Gasteiger partial charge in [0.1, 0.15) is 12.4 Å². The van der Waals surface area contributed by atoms with Crippen LogP contribution in [0.15, 0.2) is 66.9 Å². The Morgan fingerprint density at radius 3 is 2.32 bits per heavy atom. The summed E-state index contributed by atoms with van der Waals surface area (Å²) in [5.41, 5.74) is 2.21. The Labute approximate surface area is 195 Å². The Bertz CT molecular complexity index is 1320. The molecule has 0 saturated heterocycles. The molecule has 4 aromatic rings. The number of nitrogens with zero attached hydrogens (tertiary/aromatic N) is 4. The minimum atomic E-state index is -0.996. The molecule has 0 saturated carbocycles. The van der Waals surface area contributed by atoms with Crippen molar-refractivity contribution in [1.82, 2.24) is 20.2 Å². The lowest BCUT2D eigenvalue weighted by molar-refractivity contribution is -0.148. The van der Waals surface area contributed by atoms with Gasteiger partial charge in [-0.05, 0) is 49.7 Å². The summed E-state index contributed by atoms with van der Waals surface area (Å²) in [4.78, 5) is 19.8. The molecule has 2 aromatic carbocycles. The van der Waals surface area contributed by atoms with E-state index in [-0.39, 0.29) is 12.6 Å². The fourth-order valence-corrected chi connectivity index (χ4v) is 2.90. The van der Waals surface area contributed by atoms with Crippen LogP contribution in [0.1, 0.15) is 19.4 Å². The van der Waals surface area contributed by atoms with Gasteiger partial charge in [-0.2, -0.15) is 10.2 Å². The maximum atomic E-state index is 11.2. The quantitative estimate of drug-likeness (QED) is 0.391. The third-order valence-electron chi connectivity index (χ3n) is 5.05. The van der Waals surface area contributed by atoms with Gasteiger partial charge in [-0.3, -0.25) is 9.89 Å². The Morgan fingerprint density at radius 2 is 1.71 bits per heavy atom. The minimum absolute atomic E-state index is 0.0252. The first-order chi connectivity index (χ1) is 16.3. The summed E-state index contributed by atoms with van der Waals surface area (Å²) in [5.74, 6) is 0.527. The van der Waals surface area contributed by atoms with Crippen LogP contribution in [0, 0.1) is 16.7 Å². The number of aromatic amines is 1. The van der Waals surface area contributed by atoms with Crippen LogP contribution in [-0.4, -0.2) is 37.8 Å². The summed E-state index contributed by atoms with van der Waals surface area (Å²) in [6.45, 7) is 3.22. The monoisotopic (exact) mass is 455 g/mol. The summed E-state index contributed by atoms with van der Waals surface area (Å²) in [5, 5.41) is 25.0. The number of nitrogens with one attached hydrogen (secondary N) is 1. The Balaban J connectivity index is 1.40. The van der Waals surface area contributed by atoms with Crippen LogP contribution in [0.2, 0.25) is 0 Å². The van der Waals surface area contributed by atoms with E-state index in [4.69, 9.17) is 14.7 Å². The Hall–Kier alpha value is -4.71. The highest BCUT2D eigenvalue weighted by atomic mass is 16.5. The molecule has 4 rings (SSSR count). The summed E-state index contributed by atoms with van der Waals surface area (Å²) < 4.78 is 11.1. The molecule has 0 radical (unpaired) electrons. The molecule has 0 aliphatic rings. The van der Waals surface area contributed by atoms with E-state index in [1.807, 2.05) is 30.3 Å². The van der Waals surface area contributed by atoms with Gasteiger partial charge in [-0.1, -0.05) is 24.3 Å². The van der Waals surface area contributed by atoms with Crippen molar-refractivity contribution in [2.45, 2.75) is 13.8 Å². The normalized spacial score (nSPS) is 11.0. The fourth-order valence-electron chi connectivity index (χ4n) is 2.90. The van der Waals surface area contributed by atoms with Gasteiger partial charge < -0.3 is 14.6 Å². The molecular formula is C25H21N5O4. The van der Waals surface area contributed by atoms with E-state index in [1.54, 1.807) is 50.4 Å². The van der Waals surface area contributed by atoms with Gasteiger partial charge in [0, 0.05) is 23.4 Å². The smallest absolute Gasteiger partial charge is 0.341 e. The summed E-state index contributed by atoms with van der Waals surface area (Å²) >= 11 is 0. The van der Waals surface area contributed by atoms with Gasteiger partial charge in [-0.25, -0.2) is 4.98 Å². The van der Waals surface area contributed by atoms with E-state index in [9.17, 15) is 9.90 Å². The zero-order valence-electron chi connectivity index (χ0n) is 18.5. The van der Waals surface area contributed by atoms with Gasteiger partial charge in [-0.15, -0.1) is 5.10 Å². The topological polar surface area (TPSA) is 134 Å². The second-order valence-corrected chi connectivity index (χ2v) is 8.15. The molecule has 0 spiro atoms. The highest BCUT2D eigenvalue weighted by Gasteiger charge is 2.28. The van der Waals surface area contributed by atoms with Crippen molar-refractivity contribution >= 4 is 5.97 Å². The van der Waals surface area contributed by atoms with Crippen LogP contribution in [0.4, 0.5) is 0 Å². The Kier molecular flexibility index (Phi) is 6.23. The molecule has 0 aliphatic carbocycles. The number of carboxylic acid groups (broad SMARTS) is 1. The number of benzene rings is 2. The zero-order valence-corrected chi connectivity index (χ0v) is 18.5. The van der Waals surface area contributed by atoms with E-state index < -0.39 is 11.4 Å². The number of pyridine rings is 1. The molecule has 0 aliphatic heterocycles. The van der Waals surface area contributed by atoms with E-state index in [0.717, 1.165) is 16.7 Å². The van der Waals surface area contributed by atoms with Gasteiger partial charge in [0.15, 0.2) is 5.82 Å². The van der Waals surface area contributed by atoms with Crippen LogP contribution in [0.3, 0.4) is 0 Å². The van der Waals surface area contributed by atoms with Crippen molar-refractivity contribution in [2.24, 2.45) is 5.41 Å². The van der Waals surface area contributed by atoms with Crippen molar-refractivity contribution in [3.63, 3.8) is 0 Å². The molecule has 34 heavy (non-hydrogen) atoms. The maximum absolute atomic E-state index is 11.2. The summed E-state index contributed by atoms with van der Waals surface area (Å²) in [6.07, 6.45) is 1.68. The van der Waals surface area contributed by atoms with Crippen LogP contribution in [0.5, 0.6) is 17.6 Å². The molecule has 170 valence electrons. The van der Waals surface area contributed by atoms with E-state index in [2.05, 4.69) is 26.2 Å². The molecular weight excluding hydrogens is 434 g/mol. The number of rotatable bonds is 8. The number of carboxylic acids is 1. The number of ether oxygens (including phenoxy) is 2. The number of carbonyl (C=O) groups is 1. The maximum Gasteiger partial charge on any atom is 0.341 e. The first kappa shape index (κ1) is 22.5. The lowest BCUT2D eigenvalue weighted by Crippen LogP contribution is -2.30. The summed E-state index contributed by atoms with van der Waals surface area (Å²) in [6, 6.07) is 20.2. The molecule has 0 fully saturated rings. The van der Waals surface area contributed by atoms with Gasteiger partial charge in [0.2, 0.25) is 5.88 Å². The minimum Gasteiger partial charge on any atom is -0.481 e. The van der Waals surface area contributed by atoms with Crippen molar-refractivity contribution in [3.05, 3.63) is 72.4 Å². The van der Waals surface area contributed by atoms with E-state index >= 15 is 0 Å². The molecule has 0 atom stereocenters. The molecule has 2 N–H and O–H groups in total. The fraction of sp³-hybridized carbons (Fsp3) is 0.160. The standard InChI is InChI=1S/C25H21N5O4/c1-25(2,23(31)32)15-33-21-12-9-19(14-27-21)17-5-7-18(8-6-17)22-28-24(30-29-22)34-20-10-3-16(13-26)4-11-20/h3-12,14H,15H2,1-2H3,(H,31,32)(H,28,29,30). The average Bonchev–Trinajstić information content (AvgIpc) is 3.32. The third kappa shape index (κ3) is 5.19. The number of hydrogen-bond acceptors (Lipinski definition) is 7. The number of aromatic nitrogens is 4. The van der Waals surface area contributed by atoms with Crippen LogP contribution < -0.4 is 9.47 Å².